The van der Waals surface area contributed by atoms with E-state index in [-0.39, 0.29) is 39.5 Å². The number of nitrogens with zero attached hydrogens (tertiary/aromatic N) is 3. The van der Waals surface area contributed by atoms with Gasteiger partial charge in [-0.1, -0.05) is 6.07 Å². The number of likely N-dealkylation sites (N-methyl/N-ethyl adjacent to an activating group) is 1. The molecule has 0 aliphatic carbocycles. The molecule has 2 heterocycles. The molecular weight excluding hydrogens is 424 g/mol. The van der Waals surface area contributed by atoms with Gasteiger partial charge in [0.05, 0.1) is 5.69 Å². The predicted octanol–water partition coefficient (Wildman–Crippen LogP) is 1.53. The van der Waals surface area contributed by atoms with Crippen LogP contribution in [0.3, 0.4) is 0 Å². The van der Waals surface area contributed by atoms with Crippen LogP contribution in [0.4, 0.5) is 14.5 Å². The van der Waals surface area contributed by atoms with Crippen LogP contribution in [0, 0.1) is 11.6 Å². The van der Waals surface area contributed by atoms with Gasteiger partial charge in [-0.15, -0.1) is 4.73 Å². The Bertz CT molecular complexity index is 1320. The summed E-state index contributed by atoms with van der Waals surface area (Å²) in [6.07, 6.45) is 4.06. The minimum Gasteiger partial charge on any atom is -0.423 e. The molecule has 0 radical (unpaired) electrons. The van der Waals surface area contributed by atoms with Crippen molar-refractivity contribution in [3.63, 3.8) is 0 Å². The summed E-state index contributed by atoms with van der Waals surface area (Å²) in [5.74, 6) is -2.89. The van der Waals surface area contributed by atoms with Gasteiger partial charge in [0.2, 0.25) is 5.91 Å². The second kappa shape index (κ2) is 8.84. The number of nitrogens with one attached hydrogen (secondary N) is 1. The Hall–Kier alpha value is -4.28. The second-order valence-electron chi connectivity index (χ2n) is 7.03. The Labute approximate surface area is 180 Å². The molecule has 3 aromatic rings. The molecule has 4 N–H and O–H groups in total. The number of anilines is 1. The first-order valence-electron chi connectivity index (χ1n) is 9.25. The molecule has 2 amide bonds. The van der Waals surface area contributed by atoms with Gasteiger partial charge in [-0.05, 0) is 23.8 Å². The molecule has 0 unspecified atom stereocenters. The van der Waals surface area contributed by atoms with E-state index in [1.54, 1.807) is 14.1 Å². The van der Waals surface area contributed by atoms with Crippen molar-refractivity contribution >= 4 is 34.6 Å². The summed E-state index contributed by atoms with van der Waals surface area (Å²) in [5, 5.41) is 12.6. The minimum atomic E-state index is -1.12. The quantitative estimate of drug-likeness (QED) is 0.405. The minimum absolute atomic E-state index is 0.0110. The largest absolute Gasteiger partial charge is 0.423 e. The van der Waals surface area contributed by atoms with Crippen molar-refractivity contribution in [2.24, 2.45) is 0 Å². The van der Waals surface area contributed by atoms with Crippen molar-refractivity contribution < 1.29 is 23.6 Å². The third-order valence-electron chi connectivity index (χ3n) is 4.59. The van der Waals surface area contributed by atoms with Crippen molar-refractivity contribution in [1.82, 2.24) is 19.9 Å². The van der Waals surface area contributed by atoms with Crippen LogP contribution in [0.25, 0.3) is 17.1 Å². The SMILES string of the molecule is CN(C)C(=O)/C=C/c1cnc2c(c1)c(N)c(C(=O)NCc1ccc(F)cc1F)c(=O)n2O. The number of hydrogen-bond acceptors (Lipinski definition) is 6. The zero-order valence-corrected chi connectivity index (χ0v) is 17.1. The van der Waals surface area contributed by atoms with Crippen LogP contribution in [-0.4, -0.2) is 45.7 Å². The first-order valence-corrected chi connectivity index (χ1v) is 9.25. The molecule has 2 aromatic heterocycles. The van der Waals surface area contributed by atoms with Crippen LogP contribution in [0.15, 0.2) is 41.3 Å². The Morgan fingerprint density at radius 3 is 2.66 bits per heavy atom. The van der Waals surface area contributed by atoms with E-state index in [0.29, 0.717) is 11.6 Å². The molecule has 0 saturated carbocycles. The number of amides is 2. The first kappa shape index (κ1) is 22.4. The number of carbonyl (C=O) groups excluding carboxylic acids is 2. The van der Waals surface area contributed by atoms with Crippen molar-refractivity contribution in [2.75, 3.05) is 19.8 Å². The van der Waals surface area contributed by atoms with Crippen molar-refractivity contribution in [2.45, 2.75) is 6.54 Å². The van der Waals surface area contributed by atoms with Crippen LogP contribution >= 0.6 is 0 Å². The molecule has 0 aliphatic rings. The molecule has 1 aromatic carbocycles. The van der Waals surface area contributed by atoms with Gasteiger partial charge in [-0.3, -0.25) is 14.4 Å². The number of hydrogen-bond donors (Lipinski definition) is 3. The molecule has 0 atom stereocenters. The molecule has 0 spiro atoms. The Kier molecular flexibility index (Phi) is 6.19. The lowest BCUT2D eigenvalue weighted by atomic mass is 10.1. The van der Waals surface area contributed by atoms with Gasteiger partial charge in [-0.25, -0.2) is 13.8 Å². The normalized spacial score (nSPS) is 11.1. The fourth-order valence-corrected chi connectivity index (χ4v) is 2.85. The number of benzene rings is 1. The Morgan fingerprint density at radius 2 is 2.00 bits per heavy atom. The van der Waals surface area contributed by atoms with Crippen LogP contribution in [0.1, 0.15) is 21.5 Å². The summed E-state index contributed by atoms with van der Waals surface area (Å²) >= 11 is 0. The average Bonchev–Trinajstić information content (AvgIpc) is 2.75. The summed E-state index contributed by atoms with van der Waals surface area (Å²) in [6, 6.07) is 4.28. The summed E-state index contributed by atoms with van der Waals surface area (Å²) in [7, 11) is 3.16. The maximum Gasteiger partial charge on any atom is 0.299 e. The maximum atomic E-state index is 13.8. The van der Waals surface area contributed by atoms with Gasteiger partial charge in [0.15, 0.2) is 5.65 Å². The smallest absolute Gasteiger partial charge is 0.299 e. The van der Waals surface area contributed by atoms with E-state index in [1.165, 1.54) is 29.3 Å². The fourth-order valence-electron chi connectivity index (χ4n) is 2.85. The summed E-state index contributed by atoms with van der Waals surface area (Å²) in [4.78, 5) is 42.2. The highest BCUT2D eigenvalue weighted by Crippen LogP contribution is 2.22. The summed E-state index contributed by atoms with van der Waals surface area (Å²) in [5.41, 5.74) is 4.31. The molecule has 32 heavy (non-hydrogen) atoms. The molecule has 9 nitrogen and oxygen atoms in total. The molecule has 0 aliphatic heterocycles. The lowest BCUT2D eigenvalue weighted by molar-refractivity contribution is -0.123. The standard InChI is InChI=1S/C21H19F2N5O4/c1-27(2)16(29)6-3-11-7-14-18(24)17(21(31)28(32)19(14)25-9-11)20(30)26-10-12-4-5-13(22)8-15(12)23/h3-9,32H,10,24H2,1-2H3,(H,26,30)/b6-3+. The third-order valence-corrected chi connectivity index (χ3v) is 4.59. The third kappa shape index (κ3) is 4.41. The molecule has 0 bridgehead atoms. The summed E-state index contributed by atoms with van der Waals surface area (Å²) in [6.45, 7) is -0.346. The van der Waals surface area contributed by atoms with Crippen molar-refractivity contribution in [3.05, 3.63) is 75.2 Å². The molecule has 0 saturated heterocycles. The van der Waals surface area contributed by atoms with E-state index in [1.807, 2.05) is 0 Å². The number of pyridine rings is 2. The zero-order valence-electron chi connectivity index (χ0n) is 17.1. The van der Waals surface area contributed by atoms with Gasteiger partial charge < -0.3 is 21.2 Å². The predicted molar refractivity (Wildman–Crippen MR) is 113 cm³/mol. The van der Waals surface area contributed by atoms with Gasteiger partial charge >= 0.3 is 0 Å². The number of halogens is 2. The highest BCUT2D eigenvalue weighted by atomic mass is 19.1. The maximum absolute atomic E-state index is 13.8. The topological polar surface area (TPSA) is 131 Å². The highest BCUT2D eigenvalue weighted by molar-refractivity contribution is 6.06. The number of nitrogens with two attached hydrogens (primary N) is 1. The van der Waals surface area contributed by atoms with Crippen LogP contribution < -0.4 is 16.6 Å². The monoisotopic (exact) mass is 443 g/mol. The second-order valence-corrected chi connectivity index (χ2v) is 7.03. The van der Waals surface area contributed by atoms with Gasteiger partial charge in [0.1, 0.15) is 17.2 Å². The van der Waals surface area contributed by atoms with Crippen molar-refractivity contribution in [1.29, 1.82) is 0 Å². The van der Waals surface area contributed by atoms with Crippen molar-refractivity contribution in [3.8, 4) is 0 Å². The van der Waals surface area contributed by atoms with E-state index in [4.69, 9.17) is 5.73 Å². The zero-order chi connectivity index (χ0) is 23.6. The lowest BCUT2D eigenvalue weighted by Crippen LogP contribution is -2.34. The van der Waals surface area contributed by atoms with Crippen LogP contribution in [-0.2, 0) is 11.3 Å². The van der Waals surface area contributed by atoms with Gasteiger partial charge in [0, 0.05) is 49.9 Å². The van der Waals surface area contributed by atoms with E-state index < -0.39 is 28.7 Å². The molecule has 3 rings (SSSR count). The van der Waals surface area contributed by atoms with Crippen LogP contribution in [0.5, 0.6) is 0 Å². The summed E-state index contributed by atoms with van der Waals surface area (Å²) < 4.78 is 27.0. The number of fused-ring (bicyclic) bond motifs is 1. The van der Waals surface area contributed by atoms with E-state index in [0.717, 1.165) is 12.1 Å². The number of rotatable bonds is 5. The number of nitrogen functional groups attached to an aromatic ring is 1. The van der Waals surface area contributed by atoms with Crippen LogP contribution in [0.2, 0.25) is 0 Å². The molecule has 166 valence electrons. The Morgan fingerprint density at radius 1 is 1.28 bits per heavy atom. The molecule has 11 heteroatoms. The number of aromatic nitrogens is 2. The van der Waals surface area contributed by atoms with E-state index in [2.05, 4.69) is 10.3 Å². The lowest BCUT2D eigenvalue weighted by Gasteiger charge is -2.12. The molecular formula is C21H19F2N5O4. The molecule has 0 fully saturated rings. The number of carbonyl (C=O) groups is 2. The Balaban J connectivity index is 1.98. The highest BCUT2D eigenvalue weighted by Gasteiger charge is 2.22. The van der Waals surface area contributed by atoms with E-state index >= 15 is 0 Å². The van der Waals surface area contributed by atoms with Gasteiger partial charge in [0.25, 0.3) is 11.5 Å². The van der Waals surface area contributed by atoms with Gasteiger partial charge in [-0.2, -0.15) is 0 Å². The van der Waals surface area contributed by atoms with E-state index in [9.17, 15) is 28.4 Å². The fraction of sp³-hybridized carbons (Fsp3) is 0.143. The average molecular weight is 443 g/mol. The first-order chi connectivity index (χ1) is 15.1.